The fraction of sp³-hybridized carbons (Fsp3) is 0.400. The largest absolute Gasteiger partial charge is 0.394 e. The van der Waals surface area contributed by atoms with E-state index < -0.39 is 30.2 Å². The topological polar surface area (TPSA) is 124 Å². The summed E-state index contributed by atoms with van der Waals surface area (Å²) in [6, 6.07) is 11.3. The lowest BCUT2D eigenvalue weighted by molar-refractivity contribution is -0.159. The van der Waals surface area contributed by atoms with Gasteiger partial charge in [-0.05, 0) is 31.4 Å². The van der Waals surface area contributed by atoms with E-state index in [1.807, 2.05) is 37.4 Å². The number of hydrogen-bond donors (Lipinski definition) is 3. The average Bonchev–Trinajstić information content (AvgIpc) is 3.37. The number of nitrogens with zero attached hydrogens (tertiary/aromatic N) is 2. The van der Waals surface area contributed by atoms with Crippen LogP contribution in [-0.4, -0.2) is 50.4 Å². The van der Waals surface area contributed by atoms with Gasteiger partial charge in [0.05, 0.1) is 12.3 Å². The third kappa shape index (κ3) is 2.79. The van der Waals surface area contributed by atoms with Crippen LogP contribution in [0.15, 0.2) is 46.1 Å². The van der Waals surface area contributed by atoms with Crippen LogP contribution in [0.2, 0.25) is 0 Å². The number of nitrogen functional groups attached to an aromatic ring is 1. The summed E-state index contributed by atoms with van der Waals surface area (Å²) in [5.74, 6) is -0.00118. The lowest BCUT2D eigenvalue weighted by Crippen LogP contribution is -2.40. The van der Waals surface area contributed by atoms with Gasteiger partial charge < -0.3 is 25.1 Å². The normalized spacial score (nSPS) is 30.8. The molecule has 4 heterocycles. The fourth-order valence-electron chi connectivity index (χ4n) is 4.38. The second-order valence-corrected chi connectivity index (χ2v) is 8.41. The van der Waals surface area contributed by atoms with Gasteiger partial charge in [0.25, 0.3) is 5.56 Å². The van der Waals surface area contributed by atoms with E-state index in [1.165, 1.54) is 4.52 Å². The zero-order valence-corrected chi connectivity index (χ0v) is 17.3. The lowest BCUT2D eigenvalue weighted by atomic mass is 9.91. The number of ether oxygens (including phenoxy) is 3. The van der Waals surface area contributed by atoms with Crippen molar-refractivity contribution in [1.82, 2.24) is 14.6 Å². The summed E-state index contributed by atoms with van der Waals surface area (Å²) in [7, 11) is 0. The maximum absolute atomic E-state index is 12.2. The zero-order chi connectivity index (χ0) is 21.0. The Kier molecular flexibility index (Phi) is 4.64. The Morgan fingerprint density at radius 1 is 1.30 bits per heavy atom. The van der Waals surface area contributed by atoms with Crippen LogP contribution in [0, 0.1) is 0 Å². The highest BCUT2D eigenvalue weighted by atomic mass is 32.2. The number of fused-ring (bicyclic) bond motifs is 2. The number of thioether (sulfide) groups is 1. The summed E-state index contributed by atoms with van der Waals surface area (Å²) in [6.45, 7) is 1.67. The van der Waals surface area contributed by atoms with Gasteiger partial charge in [0.2, 0.25) is 5.95 Å². The van der Waals surface area contributed by atoms with E-state index in [-0.39, 0.29) is 18.1 Å². The molecule has 4 N–H and O–H groups in total. The van der Waals surface area contributed by atoms with Crippen molar-refractivity contribution in [2.24, 2.45) is 0 Å². The Morgan fingerprint density at radius 3 is 2.87 bits per heavy atom. The number of rotatable bonds is 4. The quantitative estimate of drug-likeness (QED) is 0.534. The summed E-state index contributed by atoms with van der Waals surface area (Å²) in [6.07, 6.45) is -0.313. The smallest absolute Gasteiger partial charge is 0.276 e. The summed E-state index contributed by atoms with van der Waals surface area (Å²) < 4.78 is 20.3. The highest BCUT2D eigenvalue weighted by molar-refractivity contribution is 7.98. The second-order valence-electron chi connectivity index (χ2n) is 7.56. The van der Waals surface area contributed by atoms with Gasteiger partial charge in [-0.15, -0.1) is 16.9 Å². The Labute approximate surface area is 176 Å². The van der Waals surface area contributed by atoms with Gasteiger partial charge in [-0.2, -0.15) is 0 Å². The molecule has 1 aromatic carbocycles. The van der Waals surface area contributed by atoms with Crippen molar-refractivity contribution < 1.29 is 19.3 Å². The molecule has 2 aliphatic rings. The predicted octanol–water partition coefficient (Wildman–Crippen LogP) is 1.63. The second kappa shape index (κ2) is 7.10. The van der Waals surface area contributed by atoms with E-state index in [0.29, 0.717) is 11.2 Å². The monoisotopic (exact) mass is 430 g/mol. The summed E-state index contributed by atoms with van der Waals surface area (Å²) in [5, 5.41) is 14.2. The number of aliphatic hydroxyl groups is 1. The summed E-state index contributed by atoms with van der Waals surface area (Å²) >= 11 is 1.61. The van der Waals surface area contributed by atoms with E-state index >= 15 is 0 Å². The fourth-order valence-corrected chi connectivity index (χ4v) is 5.00. The number of nitrogens with two attached hydrogens (primary N) is 1. The first-order valence-corrected chi connectivity index (χ1v) is 10.8. The zero-order valence-electron chi connectivity index (χ0n) is 16.4. The molecule has 1 unspecified atom stereocenters. The predicted molar refractivity (Wildman–Crippen MR) is 110 cm³/mol. The van der Waals surface area contributed by atoms with E-state index in [9.17, 15) is 9.90 Å². The first-order chi connectivity index (χ1) is 14.5. The number of benzene rings is 1. The molecule has 0 saturated carbocycles. The van der Waals surface area contributed by atoms with Crippen molar-refractivity contribution in [3.8, 4) is 0 Å². The molecular formula is C20H22N4O5S. The summed E-state index contributed by atoms with van der Waals surface area (Å²) in [5.41, 5.74) is 6.37. The first-order valence-electron chi connectivity index (χ1n) is 9.56. The number of aliphatic hydroxyl groups excluding tert-OH is 1. The molecule has 0 radical (unpaired) electrons. The third-order valence-electron chi connectivity index (χ3n) is 5.77. The standard InChI is InChI=1S/C20H22N4O5S/c1-20-15(11-7-8-12-17(26)22-19(21)23-24(11)12)27-13(9-25)16(20)28-18(29-20)10-5-3-4-6-14(10)30-2/h3-8,13,15-16,18,25H,9H2,1-2H3,(H3,21,22,23,26)/t13-,15+,16-,18?,20+/m1/s1. The van der Waals surface area contributed by atoms with E-state index in [0.717, 1.165) is 10.5 Å². The van der Waals surface area contributed by atoms with Gasteiger partial charge in [-0.3, -0.25) is 9.78 Å². The van der Waals surface area contributed by atoms with Crippen molar-refractivity contribution in [2.75, 3.05) is 18.6 Å². The van der Waals surface area contributed by atoms with Crippen LogP contribution < -0.4 is 11.3 Å². The van der Waals surface area contributed by atoms with Gasteiger partial charge in [-0.1, -0.05) is 18.2 Å². The van der Waals surface area contributed by atoms with Crippen LogP contribution in [0.4, 0.5) is 5.95 Å². The number of aromatic amines is 1. The van der Waals surface area contributed by atoms with Crippen LogP contribution in [0.25, 0.3) is 5.52 Å². The maximum Gasteiger partial charge on any atom is 0.276 e. The number of nitrogens with one attached hydrogen (secondary N) is 1. The number of hydrogen-bond acceptors (Lipinski definition) is 8. The van der Waals surface area contributed by atoms with E-state index in [1.54, 1.807) is 23.9 Å². The van der Waals surface area contributed by atoms with Crippen molar-refractivity contribution >= 4 is 23.2 Å². The Morgan fingerprint density at radius 2 is 2.10 bits per heavy atom. The molecule has 0 bridgehead atoms. The Bertz CT molecular complexity index is 1160. The van der Waals surface area contributed by atoms with Gasteiger partial charge in [-0.25, -0.2) is 4.52 Å². The van der Waals surface area contributed by atoms with Gasteiger partial charge in [0, 0.05) is 10.5 Å². The molecule has 5 rings (SSSR count). The first kappa shape index (κ1) is 19.6. The molecule has 0 spiro atoms. The molecule has 5 atom stereocenters. The van der Waals surface area contributed by atoms with Crippen molar-refractivity contribution in [3.63, 3.8) is 0 Å². The molecule has 3 aromatic rings. The molecule has 2 fully saturated rings. The van der Waals surface area contributed by atoms with Crippen molar-refractivity contribution in [3.05, 3.63) is 58.0 Å². The highest BCUT2D eigenvalue weighted by Gasteiger charge is 2.62. The third-order valence-corrected chi connectivity index (χ3v) is 6.59. The van der Waals surface area contributed by atoms with Crippen LogP contribution in [0.1, 0.15) is 30.6 Å². The van der Waals surface area contributed by atoms with E-state index in [2.05, 4.69) is 10.1 Å². The van der Waals surface area contributed by atoms with Gasteiger partial charge >= 0.3 is 0 Å². The Hall–Kier alpha value is -2.37. The summed E-state index contributed by atoms with van der Waals surface area (Å²) in [4.78, 5) is 15.8. The molecule has 0 aliphatic carbocycles. The average molecular weight is 430 g/mol. The number of aromatic nitrogens is 3. The number of anilines is 1. The molecule has 2 saturated heterocycles. The molecule has 2 aliphatic heterocycles. The number of H-pyrrole nitrogens is 1. The minimum atomic E-state index is -0.906. The van der Waals surface area contributed by atoms with Crippen LogP contribution >= 0.6 is 11.8 Å². The lowest BCUT2D eigenvalue weighted by Gasteiger charge is -2.27. The molecule has 2 aromatic heterocycles. The minimum absolute atomic E-state index is 0.00118. The maximum atomic E-state index is 12.2. The van der Waals surface area contributed by atoms with Crippen molar-refractivity contribution in [1.29, 1.82) is 0 Å². The van der Waals surface area contributed by atoms with Crippen LogP contribution in [0.3, 0.4) is 0 Å². The molecular weight excluding hydrogens is 408 g/mol. The SMILES string of the molecule is CSc1ccccc1C1O[C@@H]2[C@@H](CO)O[C@@H](c3ccc4c(=O)[nH]c(N)nn34)[C@]2(C)O1. The molecule has 9 nitrogen and oxygen atoms in total. The minimum Gasteiger partial charge on any atom is -0.394 e. The molecule has 30 heavy (non-hydrogen) atoms. The molecule has 10 heteroatoms. The van der Waals surface area contributed by atoms with Crippen LogP contribution in [-0.2, 0) is 14.2 Å². The molecule has 0 amide bonds. The van der Waals surface area contributed by atoms with Crippen molar-refractivity contribution in [2.45, 2.75) is 42.0 Å². The highest BCUT2D eigenvalue weighted by Crippen LogP contribution is 2.54. The van der Waals surface area contributed by atoms with Crippen LogP contribution in [0.5, 0.6) is 0 Å². The van der Waals surface area contributed by atoms with Gasteiger partial charge in [0.15, 0.2) is 6.29 Å². The van der Waals surface area contributed by atoms with E-state index in [4.69, 9.17) is 19.9 Å². The van der Waals surface area contributed by atoms with Gasteiger partial charge in [0.1, 0.15) is 29.4 Å². The molecule has 158 valence electrons. The Balaban J connectivity index is 1.58.